The standard InChI is InChI=1S/C34H23N4O2.Os/c1-35-19-37(27-16-14-25-23-10-3-5-12-29(23)39-33(25)31(27)35)21-8-7-9-22(18-21)38-20-36(2)32-28(38)17-15-26-24-11-4-6-13-30(24)40-34(26)32;/h3-17,19-20H,1-2H3;/q-3;. The molecule has 9 rings (SSSR count). The number of nitrogens with zero attached hydrogens (tertiary/aromatic N) is 4. The van der Waals surface area contributed by atoms with Crippen molar-refractivity contribution < 1.29 is 28.6 Å². The molecule has 0 radical (unpaired) electrons. The fourth-order valence-electron chi connectivity index (χ4n) is 6.30. The van der Waals surface area contributed by atoms with Gasteiger partial charge in [-0.3, -0.25) is 0 Å². The van der Waals surface area contributed by atoms with Gasteiger partial charge in [-0.05, 0) is 50.5 Å². The molecule has 0 atom stereocenters. The van der Waals surface area contributed by atoms with Crippen LogP contribution in [-0.2, 0) is 19.8 Å². The predicted molar refractivity (Wildman–Crippen MR) is 162 cm³/mol. The molecule has 0 saturated carbocycles. The van der Waals surface area contributed by atoms with Gasteiger partial charge < -0.3 is 28.4 Å². The molecular weight excluding hydrogens is 687 g/mol. The number of benzene rings is 5. The van der Waals surface area contributed by atoms with Crippen molar-refractivity contribution in [2.45, 2.75) is 0 Å². The molecule has 7 aromatic rings. The van der Waals surface area contributed by atoms with Crippen LogP contribution in [0.15, 0.2) is 99.8 Å². The molecular formula is C34H23N4O2Os-3. The van der Waals surface area contributed by atoms with Crippen LogP contribution in [0.1, 0.15) is 0 Å². The van der Waals surface area contributed by atoms with Crippen LogP contribution < -0.4 is 19.6 Å². The van der Waals surface area contributed by atoms with E-state index in [1.807, 2.05) is 24.3 Å². The number of furan rings is 2. The maximum atomic E-state index is 6.34. The van der Waals surface area contributed by atoms with E-state index in [0.29, 0.717) is 0 Å². The minimum absolute atomic E-state index is 0. The van der Waals surface area contributed by atoms with E-state index in [9.17, 15) is 0 Å². The minimum atomic E-state index is 0. The molecule has 2 aliphatic heterocycles. The summed E-state index contributed by atoms with van der Waals surface area (Å²) in [4.78, 5) is 8.61. The zero-order valence-corrected chi connectivity index (χ0v) is 24.8. The Kier molecular flexibility index (Phi) is 5.20. The van der Waals surface area contributed by atoms with Crippen molar-refractivity contribution in [3.63, 3.8) is 0 Å². The molecule has 0 fully saturated rings. The molecule has 5 aromatic carbocycles. The molecule has 2 aliphatic rings. The van der Waals surface area contributed by atoms with Crippen LogP contribution in [0, 0.1) is 19.4 Å². The van der Waals surface area contributed by atoms with Crippen molar-refractivity contribution in [2.75, 3.05) is 33.7 Å². The fourth-order valence-corrected chi connectivity index (χ4v) is 6.30. The van der Waals surface area contributed by atoms with Crippen molar-refractivity contribution in [3.8, 4) is 0 Å². The Morgan fingerprint density at radius 1 is 0.537 bits per heavy atom. The van der Waals surface area contributed by atoms with Crippen molar-refractivity contribution in [2.24, 2.45) is 0 Å². The van der Waals surface area contributed by atoms with E-state index in [1.165, 1.54) is 0 Å². The zero-order valence-electron chi connectivity index (χ0n) is 22.3. The van der Waals surface area contributed by atoms with Crippen LogP contribution in [0.5, 0.6) is 0 Å². The van der Waals surface area contributed by atoms with E-state index in [2.05, 4.69) is 120 Å². The number of rotatable bonds is 2. The summed E-state index contributed by atoms with van der Waals surface area (Å²) in [6.45, 7) is 4.19. The van der Waals surface area contributed by atoms with Crippen molar-refractivity contribution in [1.29, 1.82) is 0 Å². The van der Waals surface area contributed by atoms with Gasteiger partial charge in [-0.2, -0.15) is 19.4 Å². The smallest absolute Gasteiger partial charge is 0.158 e. The minimum Gasteiger partial charge on any atom is -0.501 e. The van der Waals surface area contributed by atoms with Crippen molar-refractivity contribution in [1.82, 2.24) is 0 Å². The molecule has 0 saturated heterocycles. The number of para-hydroxylation sites is 2. The van der Waals surface area contributed by atoms with Gasteiger partial charge in [0.1, 0.15) is 11.2 Å². The van der Waals surface area contributed by atoms with Gasteiger partial charge in [-0.1, -0.05) is 36.4 Å². The Hall–Kier alpha value is -4.46. The Labute approximate surface area is 250 Å². The summed E-state index contributed by atoms with van der Waals surface area (Å²) in [6.07, 6.45) is 0. The van der Waals surface area contributed by atoms with Gasteiger partial charge in [-0.25, -0.2) is 0 Å². The molecule has 7 heteroatoms. The van der Waals surface area contributed by atoms with Gasteiger partial charge in [0.25, 0.3) is 0 Å². The molecule has 202 valence electrons. The average molecular weight is 710 g/mol. The molecule has 0 unspecified atom stereocenters. The normalized spacial score (nSPS) is 14.5. The molecule has 0 spiro atoms. The van der Waals surface area contributed by atoms with E-state index in [4.69, 9.17) is 8.83 Å². The van der Waals surface area contributed by atoms with Gasteiger partial charge in [0.15, 0.2) is 11.2 Å². The Balaban J connectivity index is 0.00000256. The third-order valence-electron chi connectivity index (χ3n) is 8.08. The number of hydrogen-bond acceptors (Lipinski definition) is 6. The summed E-state index contributed by atoms with van der Waals surface area (Å²) in [5, 5.41) is 4.51. The third kappa shape index (κ3) is 3.33. The van der Waals surface area contributed by atoms with Crippen LogP contribution in [-0.4, -0.2) is 14.1 Å². The molecule has 0 amide bonds. The molecule has 0 N–H and O–H groups in total. The van der Waals surface area contributed by atoms with E-state index in [0.717, 1.165) is 78.0 Å². The summed E-state index contributed by atoms with van der Waals surface area (Å²) < 4.78 is 12.7. The van der Waals surface area contributed by atoms with E-state index >= 15 is 0 Å². The van der Waals surface area contributed by atoms with Gasteiger partial charge in [0.2, 0.25) is 0 Å². The largest absolute Gasteiger partial charge is 0.501 e. The molecule has 4 heterocycles. The average Bonchev–Trinajstić information content (AvgIpc) is 3.73. The molecule has 6 nitrogen and oxygen atoms in total. The van der Waals surface area contributed by atoms with E-state index < -0.39 is 0 Å². The van der Waals surface area contributed by atoms with Crippen LogP contribution in [0.25, 0.3) is 43.9 Å². The molecule has 41 heavy (non-hydrogen) atoms. The monoisotopic (exact) mass is 711 g/mol. The summed E-state index contributed by atoms with van der Waals surface area (Å²) in [5.74, 6) is 0. The van der Waals surface area contributed by atoms with Gasteiger partial charge in [0.05, 0.1) is 11.4 Å². The van der Waals surface area contributed by atoms with Crippen molar-refractivity contribution >= 4 is 78.0 Å². The Morgan fingerprint density at radius 3 is 1.49 bits per heavy atom. The molecule has 2 aromatic heterocycles. The van der Waals surface area contributed by atoms with Crippen LogP contribution in [0.2, 0.25) is 0 Å². The number of fused-ring (bicyclic) bond motifs is 10. The fraction of sp³-hybridized carbons (Fsp3) is 0.0588. The summed E-state index contributed by atoms with van der Waals surface area (Å²) >= 11 is 0. The topological polar surface area (TPSA) is 39.2 Å². The molecule has 0 aliphatic carbocycles. The van der Waals surface area contributed by atoms with Crippen molar-refractivity contribution in [3.05, 3.63) is 110 Å². The second-order valence-corrected chi connectivity index (χ2v) is 10.4. The number of hydrogen-bond donors (Lipinski definition) is 0. The first kappa shape index (κ1) is 24.3. The third-order valence-corrected chi connectivity index (χ3v) is 8.08. The second kappa shape index (κ2) is 8.77. The SMILES string of the molecule is CN1[CH-]N(c2[c-]c(N3[CH-]N(C)c4c3ccc3c4oc4ccccc43)ccc2)c2ccc3c(oc4ccccc43)c21.[Os]. The van der Waals surface area contributed by atoms with Gasteiger partial charge in [-0.15, -0.1) is 29.6 Å². The van der Waals surface area contributed by atoms with E-state index in [1.54, 1.807) is 0 Å². The Morgan fingerprint density at radius 2 is 1.00 bits per heavy atom. The van der Waals surface area contributed by atoms with Crippen LogP contribution in [0.3, 0.4) is 0 Å². The maximum absolute atomic E-state index is 6.34. The van der Waals surface area contributed by atoms with Gasteiger partial charge >= 0.3 is 0 Å². The van der Waals surface area contributed by atoms with E-state index in [-0.39, 0.29) is 19.8 Å². The molecule has 0 bridgehead atoms. The summed E-state index contributed by atoms with van der Waals surface area (Å²) in [5.41, 5.74) is 9.73. The summed E-state index contributed by atoms with van der Waals surface area (Å²) in [7, 11) is 4.13. The first-order valence-electron chi connectivity index (χ1n) is 13.3. The van der Waals surface area contributed by atoms with Crippen LogP contribution >= 0.6 is 0 Å². The van der Waals surface area contributed by atoms with Gasteiger partial charge in [0, 0.05) is 52.7 Å². The quantitative estimate of drug-likeness (QED) is 0.167. The maximum Gasteiger partial charge on any atom is 0.158 e. The van der Waals surface area contributed by atoms with Crippen LogP contribution in [0.4, 0.5) is 34.1 Å². The first-order chi connectivity index (χ1) is 19.7. The predicted octanol–water partition coefficient (Wildman–Crippen LogP) is 8.70. The Bertz CT molecular complexity index is 2000. The zero-order chi connectivity index (χ0) is 26.5. The first-order valence-corrected chi connectivity index (χ1v) is 13.3. The second-order valence-electron chi connectivity index (χ2n) is 10.4. The summed E-state index contributed by atoms with van der Waals surface area (Å²) in [6, 6.07) is 35.0. The number of anilines is 6.